The number of hydrogen-bond acceptors (Lipinski definition) is 2. The number of hydrogen-bond donors (Lipinski definition) is 0. The van der Waals surface area contributed by atoms with Crippen molar-refractivity contribution < 1.29 is 0 Å². The lowest BCUT2D eigenvalue weighted by atomic mass is 10.1. The summed E-state index contributed by atoms with van der Waals surface area (Å²) in [7, 11) is 4.37. The van der Waals surface area contributed by atoms with E-state index in [2.05, 4.69) is 62.0 Å². The summed E-state index contributed by atoms with van der Waals surface area (Å²) in [6.45, 7) is 8.89. The minimum atomic E-state index is 1.05. The van der Waals surface area contributed by atoms with Gasteiger partial charge in [0.25, 0.3) is 0 Å². The van der Waals surface area contributed by atoms with Gasteiger partial charge in [-0.1, -0.05) is 38.1 Å². The molecule has 1 aromatic carbocycles. The van der Waals surface area contributed by atoms with Crippen molar-refractivity contribution in [3.8, 4) is 0 Å². The van der Waals surface area contributed by atoms with Crippen molar-refractivity contribution >= 4 is 0 Å². The van der Waals surface area contributed by atoms with Crippen molar-refractivity contribution in [2.24, 2.45) is 0 Å². The van der Waals surface area contributed by atoms with Crippen molar-refractivity contribution in [1.29, 1.82) is 0 Å². The highest BCUT2D eigenvalue weighted by molar-refractivity contribution is 5.22. The minimum Gasteiger partial charge on any atom is -0.302 e. The highest BCUT2D eigenvalue weighted by Crippen LogP contribution is 2.09. The Morgan fingerprint density at radius 2 is 1.06 bits per heavy atom. The smallest absolute Gasteiger partial charge is 0.0230 e. The SMILES string of the molecule is CCCN(C)Cc1ccc(CN(C)CCC)cc1. The van der Waals surface area contributed by atoms with E-state index in [4.69, 9.17) is 0 Å². The van der Waals surface area contributed by atoms with Crippen LogP contribution in [-0.4, -0.2) is 37.0 Å². The topological polar surface area (TPSA) is 6.48 Å². The maximum Gasteiger partial charge on any atom is 0.0230 e. The third-order valence-corrected chi connectivity index (χ3v) is 3.14. The second-order valence-electron chi connectivity index (χ2n) is 5.29. The number of benzene rings is 1. The standard InChI is InChI=1S/C16H28N2/c1-5-11-17(3)13-15-7-9-16(10-8-15)14-18(4)12-6-2/h7-10H,5-6,11-14H2,1-4H3. The second-order valence-corrected chi connectivity index (χ2v) is 5.29. The summed E-state index contributed by atoms with van der Waals surface area (Å²) >= 11 is 0. The molecule has 0 radical (unpaired) electrons. The van der Waals surface area contributed by atoms with Crippen LogP contribution in [0.5, 0.6) is 0 Å². The summed E-state index contributed by atoms with van der Waals surface area (Å²) in [5, 5.41) is 0. The first-order valence-electron chi connectivity index (χ1n) is 7.10. The zero-order valence-corrected chi connectivity index (χ0v) is 12.4. The minimum absolute atomic E-state index is 1.05. The molecule has 0 saturated carbocycles. The first-order valence-corrected chi connectivity index (χ1v) is 7.10. The molecule has 102 valence electrons. The van der Waals surface area contributed by atoms with Crippen LogP contribution in [0.1, 0.15) is 37.8 Å². The summed E-state index contributed by atoms with van der Waals surface area (Å²) in [6, 6.07) is 9.06. The summed E-state index contributed by atoms with van der Waals surface area (Å²) < 4.78 is 0. The van der Waals surface area contributed by atoms with E-state index >= 15 is 0 Å². The Bertz CT molecular complexity index is 285. The Morgan fingerprint density at radius 3 is 1.33 bits per heavy atom. The average Bonchev–Trinajstić information content (AvgIpc) is 2.32. The van der Waals surface area contributed by atoms with Gasteiger partial charge in [0.2, 0.25) is 0 Å². The van der Waals surface area contributed by atoms with Crippen LogP contribution in [0.15, 0.2) is 24.3 Å². The van der Waals surface area contributed by atoms with Gasteiger partial charge in [-0.25, -0.2) is 0 Å². The molecule has 0 fully saturated rings. The summed E-state index contributed by atoms with van der Waals surface area (Å²) in [5.41, 5.74) is 2.82. The zero-order chi connectivity index (χ0) is 13.4. The van der Waals surface area contributed by atoms with Crippen LogP contribution in [0.2, 0.25) is 0 Å². The Kier molecular flexibility index (Phi) is 6.99. The normalized spacial score (nSPS) is 11.4. The van der Waals surface area contributed by atoms with Crippen LogP contribution in [0.3, 0.4) is 0 Å². The molecule has 0 aliphatic carbocycles. The fourth-order valence-electron chi connectivity index (χ4n) is 2.29. The van der Waals surface area contributed by atoms with E-state index in [1.165, 1.54) is 37.1 Å². The lowest BCUT2D eigenvalue weighted by Gasteiger charge is -2.17. The van der Waals surface area contributed by atoms with Crippen molar-refractivity contribution in [3.63, 3.8) is 0 Å². The Morgan fingerprint density at radius 1 is 0.722 bits per heavy atom. The maximum absolute atomic E-state index is 2.37. The van der Waals surface area contributed by atoms with Crippen LogP contribution in [0.4, 0.5) is 0 Å². The fraction of sp³-hybridized carbons (Fsp3) is 0.625. The third kappa shape index (κ3) is 5.65. The van der Waals surface area contributed by atoms with Crippen LogP contribution < -0.4 is 0 Å². The molecule has 0 unspecified atom stereocenters. The molecular weight excluding hydrogens is 220 g/mol. The summed E-state index contributed by atoms with van der Waals surface area (Å²) in [4.78, 5) is 4.75. The largest absolute Gasteiger partial charge is 0.302 e. The van der Waals surface area contributed by atoms with Gasteiger partial charge in [0, 0.05) is 13.1 Å². The van der Waals surface area contributed by atoms with Crippen LogP contribution >= 0.6 is 0 Å². The van der Waals surface area contributed by atoms with Crippen LogP contribution in [0, 0.1) is 0 Å². The van der Waals surface area contributed by atoms with E-state index in [0.717, 1.165) is 13.1 Å². The van der Waals surface area contributed by atoms with Gasteiger partial charge in [-0.2, -0.15) is 0 Å². The van der Waals surface area contributed by atoms with E-state index in [1.54, 1.807) is 0 Å². The van der Waals surface area contributed by atoms with Gasteiger partial charge in [-0.05, 0) is 51.2 Å². The van der Waals surface area contributed by atoms with Crippen molar-refractivity contribution in [2.45, 2.75) is 39.8 Å². The molecule has 0 aliphatic heterocycles. The Labute approximate surface area is 113 Å². The van der Waals surface area contributed by atoms with Gasteiger partial charge in [-0.3, -0.25) is 0 Å². The zero-order valence-electron chi connectivity index (χ0n) is 12.4. The second kappa shape index (κ2) is 8.28. The molecule has 0 aliphatic rings. The Balaban J connectivity index is 2.46. The molecule has 2 nitrogen and oxygen atoms in total. The molecule has 0 saturated heterocycles. The van der Waals surface area contributed by atoms with Gasteiger partial charge in [0.1, 0.15) is 0 Å². The van der Waals surface area contributed by atoms with Crippen LogP contribution in [0.25, 0.3) is 0 Å². The first-order chi connectivity index (χ1) is 8.65. The van der Waals surface area contributed by atoms with Crippen LogP contribution in [-0.2, 0) is 13.1 Å². The molecule has 0 spiro atoms. The van der Waals surface area contributed by atoms with Gasteiger partial charge in [0.15, 0.2) is 0 Å². The van der Waals surface area contributed by atoms with Gasteiger partial charge >= 0.3 is 0 Å². The monoisotopic (exact) mass is 248 g/mol. The van der Waals surface area contributed by atoms with Crippen molar-refractivity contribution in [2.75, 3.05) is 27.2 Å². The quantitative estimate of drug-likeness (QED) is 0.696. The van der Waals surface area contributed by atoms with E-state index in [1.807, 2.05) is 0 Å². The molecule has 2 heteroatoms. The Hall–Kier alpha value is -0.860. The molecule has 0 amide bonds. The summed E-state index contributed by atoms with van der Waals surface area (Å²) in [6.07, 6.45) is 2.44. The lowest BCUT2D eigenvalue weighted by molar-refractivity contribution is 0.325. The predicted molar refractivity (Wildman–Crippen MR) is 79.7 cm³/mol. The highest BCUT2D eigenvalue weighted by atomic mass is 15.1. The average molecular weight is 248 g/mol. The van der Waals surface area contributed by atoms with Gasteiger partial charge < -0.3 is 9.80 Å². The molecule has 0 N–H and O–H groups in total. The highest BCUT2D eigenvalue weighted by Gasteiger charge is 2.01. The maximum atomic E-state index is 2.37. The third-order valence-electron chi connectivity index (χ3n) is 3.14. The predicted octanol–water partition coefficient (Wildman–Crippen LogP) is 3.37. The molecular formula is C16H28N2. The van der Waals surface area contributed by atoms with Crippen molar-refractivity contribution in [1.82, 2.24) is 9.80 Å². The van der Waals surface area contributed by atoms with E-state index < -0.39 is 0 Å². The lowest BCUT2D eigenvalue weighted by Crippen LogP contribution is -2.19. The molecule has 1 aromatic rings. The fourth-order valence-corrected chi connectivity index (χ4v) is 2.29. The molecule has 0 heterocycles. The van der Waals surface area contributed by atoms with E-state index in [-0.39, 0.29) is 0 Å². The molecule has 1 rings (SSSR count). The van der Waals surface area contributed by atoms with Gasteiger partial charge in [0.05, 0.1) is 0 Å². The number of rotatable bonds is 8. The molecule has 0 atom stereocenters. The van der Waals surface area contributed by atoms with Crippen molar-refractivity contribution in [3.05, 3.63) is 35.4 Å². The molecule has 0 aromatic heterocycles. The van der Waals surface area contributed by atoms with E-state index in [0.29, 0.717) is 0 Å². The summed E-state index contributed by atoms with van der Waals surface area (Å²) in [5.74, 6) is 0. The van der Waals surface area contributed by atoms with Gasteiger partial charge in [-0.15, -0.1) is 0 Å². The van der Waals surface area contributed by atoms with E-state index in [9.17, 15) is 0 Å². The first kappa shape index (κ1) is 15.2. The molecule has 18 heavy (non-hydrogen) atoms. The molecule has 0 bridgehead atoms. The number of nitrogens with zero attached hydrogens (tertiary/aromatic N) is 2.